The lowest BCUT2D eigenvalue weighted by molar-refractivity contribution is -0.0488. The normalized spacial score (nSPS) is 13.9. The van der Waals surface area contributed by atoms with Crippen molar-refractivity contribution in [2.45, 2.75) is 25.8 Å². The molecule has 4 nitrogen and oxygen atoms in total. The Morgan fingerprint density at radius 1 is 1.29 bits per heavy atom. The van der Waals surface area contributed by atoms with Gasteiger partial charge in [-0.3, -0.25) is 0 Å². The molecule has 5 heteroatoms. The molecule has 0 fully saturated rings. The van der Waals surface area contributed by atoms with Gasteiger partial charge in [-0.15, -0.1) is 0 Å². The third-order valence-electron chi connectivity index (χ3n) is 2.07. The van der Waals surface area contributed by atoms with E-state index in [1.54, 1.807) is 14.2 Å². The van der Waals surface area contributed by atoms with Crippen molar-refractivity contribution in [3.63, 3.8) is 0 Å². The summed E-state index contributed by atoms with van der Waals surface area (Å²) in [5.41, 5.74) is 5.47. The Morgan fingerprint density at radius 2 is 1.86 bits per heavy atom. The molecular weight excluding hydrogens is 196 g/mol. The Hall–Kier alpha value is 0.0569. The molecule has 86 valence electrons. The van der Waals surface area contributed by atoms with Crippen LogP contribution in [0.5, 0.6) is 0 Å². The molecule has 0 aromatic rings. The summed E-state index contributed by atoms with van der Waals surface area (Å²) in [4.78, 5) is 3.47. The number of methoxy groups -OCH3 is 2. The van der Waals surface area contributed by atoms with Crippen LogP contribution in [0.3, 0.4) is 0 Å². The van der Waals surface area contributed by atoms with Gasteiger partial charge in [0.2, 0.25) is 0 Å². The van der Waals surface area contributed by atoms with Crippen molar-refractivity contribution in [3.05, 3.63) is 0 Å². The Morgan fingerprint density at radius 3 is 2.21 bits per heavy atom. The maximum Gasteiger partial charge on any atom is 0.175 e. The molecule has 1 atom stereocenters. The van der Waals surface area contributed by atoms with Crippen LogP contribution in [0.2, 0.25) is 6.04 Å². The second-order valence-electron chi connectivity index (χ2n) is 3.82. The minimum Gasteiger partial charge on any atom is -0.358 e. The topological polar surface area (TPSA) is 56.5 Å². The third kappa shape index (κ3) is 5.72. The van der Waals surface area contributed by atoms with Crippen LogP contribution in [0.25, 0.3) is 0 Å². The number of rotatable bonds is 8. The van der Waals surface area contributed by atoms with Crippen LogP contribution in [-0.2, 0) is 9.47 Å². The van der Waals surface area contributed by atoms with E-state index >= 15 is 0 Å². The molecule has 3 N–H and O–H groups in total. The summed E-state index contributed by atoms with van der Waals surface area (Å²) in [7, 11) is 2.19. The quantitative estimate of drug-likeness (QED) is 0.449. The number of nitrogens with two attached hydrogens (primary N) is 1. The van der Waals surface area contributed by atoms with E-state index in [4.69, 9.17) is 15.2 Å². The smallest absolute Gasteiger partial charge is 0.175 e. The van der Waals surface area contributed by atoms with E-state index in [0.29, 0.717) is 12.5 Å². The fourth-order valence-corrected chi connectivity index (χ4v) is 4.28. The minimum absolute atomic E-state index is 0.0519. The maximum atomic E-state index is 5.47. The van der Waals surface area contributed by atoms with Crippen molar-refractivity contribution >= 4 is 8.96 Å². The van der Waals surface area contributed by atoms with Crippen LogP contribution in [0.1, 0.15) is 13.8 Å². The van der Waals surface area contributed by atoms with Gasteiger partial charge in [0.05, 0.1) is 0 Å². The van der Waals surface area contributed by atoms with Gasteiger partial charge in [-0.1, -0.05) is 13.8 Å². The summed E-state index contributed by atoms with van der Waals surface area (Å²) in [5.74, 6) is 0.619. The first-order valence-corrected chi connectivity index (χ1v) is 7.20. The predicted octanol–water partition coefficient (Wildman–Crippen LogP) is 0.0726. The summed E-state index contributed by atoms with van der Waals surface area (Å²) in [6.45, 7) is 5.95. The fourth-order valence-electron chi connectivity index (χ4n) is 1.49. The minimum atomic E-state index is -1.20. The van der Waals surface area contributed by atoms with Gasteiger partial charge in [-0.05, 0) is 12.0 Å². The zero-order chi connectivity index (χ0) is 11.0. The van der Waals surface area contributed by atoms with Crippen LogP contribution in [0, 0.1) is 5.92 Å². The van der Waals surface area contributed by atoms with Crippen LogP contribution in [0.4, 0.5) is 0 Å². The van der Waals surface area contributed by atoms with E-state index in [1.807, 2.05) is 0 Å². The van der Waals surface area contributed by atoms with Gasteiger partial charge in [0.25, 0.3) is 0 Å². The highest BCUT2D eigenvalue weighted by molar-refractivity contribution is 6.57. The molecule has 0 aliphatic carbocycles. The maximum absolute atomic E-state index is 5.47. The molecule has 0 aromatic heterocycles. The molecule has 0 aromatic carbocycles. The van der Waals surface area contributed by atoms with Gasteiger partial charge in [-0.2, -0.15) is 0 Å². The fraction of sp³-hybridized carbons (Fsp3) is 1.00. The number of hydrogen-bond donors (Lipinski definition) is 2. The van der Waals surface area contributed by atoms with E-state index < -0.39 is 8.96 Å². The Labute approximate surface area is 88.8 Å². The molecule has 14 heavy (non-hydrogen) atoms. The van der Waals surface area contributed by atoms with Crippen molar-refractivity contribution in [1.29, 1.82) is 0 Å². The Bertz CT molecular complexity index is 132. The molecule has 0 saturated carbocycles. The van der Waals surface area contributed by atoms with Crippen LogP contribution >= 0.6 is 0 Å². The molecule has 1 unspecified atom stereocenters. The Kier molecular flexibility index (Phi) is 8.41. The summed E-state index contributed by atoms with van der Waals surface area (Å²) in [6.07, 6.45) is 0. The van der Waals surface area contributed by atoms with Gasteiger partial charge in [0.1, 0.15) is 0 Å². The molecule has 0 rings (SSSR count). The number of ether oxygens (including phenoxy) is 2. The molecule has 0 amide bonds. The van der Waals surface area contributed by atoms with Crippen LogP contribution in [0.15, 0.2) is 0 Å². The second kappa shape index (κ2) is 8.37. The zero-order valence-electron chi connectivity index (χ0n) is 9.75. The predicted molar refractivity (Wildman–Crippen MR) is 61.7 cm³/mol. The first-order valence-electron chi connectivity index (χ1n) is 5.14. The molecule has 0 radical (unpaired) electrons. The zero-order valence-corrected chi connectivity index (χ0v) is 10.9. The highest BCUT2D eigenvalue weighted by Gasteiger charge is 2.23. The lowest BCUT2D eigenvalue weighted by Crippen LogP contribution is -2.49. The van der Waals surface area contributed by atoms with Gasteiger partial charge < -0.3 is 20.2 Å². The van der Waals surface area contributed by atoms with E-state index in [0.717, 1.165) is 12.6 Å². The van der Waals surface area contributed by atoms with Gasteiger partial charge in [0.15, 0.2) is 14.9 Å². The standard InChI is InChI=1S/C9H24N2O2Si/c1-8(2)7-14(11-6-5-10)9(12-3)13-4/h8-9,11,14H,5-7,10H2,1-4H3. The summed E-state index contributed by atoms with van der Waals surface area (Å²) in [6, 6.07) is 1.16. The van der Waals surface area contributed by atoms with E-state index in [-0.39, 0.29) is 5.91 Å². The van der Waals surface area contributed by atoms with Crippen molar-refractivity contribution in [3.8, 4) is 0 Å². The largest absolute Gasteiger partial charge is 0.358 e. The molecule has 0 spiro atoms. The highest BCUT2D eigenvalue weighted by atomic mass is 28.3. The molecule has 0 heterocycles. The van der Waals surface area contributed by atoms with Crippen LogP contribution in [-0.4, -0.2) is 42.2 Å². The number of hydrogen-bond acceptors (Lipinski definition) is 4. The van der Waals surface area contributed by atoms with Crippen molar-refractivity contribution in [2.75, 3.05) is 27.3 Å². The molecule has 0 aliphatic heterocycles. The van der Waals surface area contributed by atoms with E-state index in [9.17, 15) is 0 Å². The van der Waals surface area contributed by atoms with E-state index in [2.05, 4.69) is 18.8 Å². The van der Waals surface area contributed by atoms with Gasteiger partial charge in [-0.25, -0.2) is 0 Å². The lowest BCUT2D eigenvalue weighted by Gasteiger charge is -2.25. The molecule has 0 aliphatic rings. The molecular formula is C9H24N2O2Si. The summed E-state index contributed by atoms with van der Waals surface area (Å²) < 4.78 is 10.6. The summed E-state index contributed by atoms with van der Waals surface area (Å²) >= 11 is 0. The third-order valence-corrected chi connectivity index (χ3v) is 5.53. The second-order valence-corrected chi connectivity index (χ2v) is 6.46. The van der Waals surface area contributed by atoms with Gasteiger partial charge in [0, 0.05) is 27.3 Å². The monoisotopic (exact) mass is 220 g/mol. The first kappa shape index (κ1) is 14.1. The van der Waals surface area contributed by atoms with Crippen molar-refractivity contribution in [2.24, 2.45) is 11.7 Å². The average Bonchev–Trinajstić information content (AvgIpc) is 2.15. The SMILES string of the molecule is COC(OC)[SiH](CC(C)C)NCCN. The first-order chi connectivity index (χ1) is 6.65. The van der Waals surface area contributed by atoms with E-state index in [1.165, 1.54) is 0 Å². The molecule has 0 bridgehead atoms. The number of nitrogens with one attached hydrogen (secondary N) is 1. The Balaban J connectivity index is 4.06. The van der Waals surface area contributed by atoms with Crippen molar-refractivity contribution in [1.82, 2.24) is 4.98 Å². The van der Waals surface area contributed by atoms with Crippen LogP contribution < -0.4 is 10.7 Å². The van der Waals surface area contributed by atoms with Gasteiger partial charge >= 0.3 is 0 Å². The van der Waals surface area contributed by atoms with Crippen molar-refractivity contribution < 1.29 is 9.47 Å². The highest BCUT2D eigenvalue weighted by Crippen LogP contribution is 2.08. The summed E-state index contributed by atoms with van der Waals surface area (Å²) in [5, 5.41) is 0. The lowest BCUT2D eigenvalue weighted by atomic mass is 10.3. The molecule has 0 saturated heterocycles. The average molecular weight is 220 g/mol.